The monoisotopic (exact) mass is 310 g/mol. The first-order chi connectivity index (χ1) is 10.1. The number of hydrogen-bond acceptors (Lipinski definition) is 2. The molecule has 0 bridgehead atoms. The first-order valence-electron chi connectivity index (χ1n) is 7.66. The smallest absolute Gasteiger partial charge is 0.241 e. The Labute approximate surface area is 129 Å². The zero-order valence-electron chi connectivity index (χ0n) is 11.9. The van der Waals surface area contributed by atoms with E-state index in [0.717, 1.165) is 19.3 Å². The number of amides is 1. The van der Waals surface area contributed by atoms with Crippen LogP contribution < -0.4 is 10.6 Å². The highest BCUT2D eigenvalue weighted by Gasteiger charge is 2.34. The highest BCUT2D eigenvalue weighted by atomic mass is 35.5. The van der Waals surface area contributed by atoms with E-state index in [4.69, 9.17) is 11.6 Å². The van der Waals surface area contributed by atoms with E-state index in [9.17, 15) is 9.18 Å². The van der Waals surface area contributed by atoms with Crippen LogP contribution in [0.1, 0.15) is 38.5 Å². The van der Waals surface area contributed by atoms with Crippen molar-refractivity contribution in [2.45, 2.75) is 50.6 Å². The molecule has 114 valence electrons. The summed E-state index contributed by atoms with van der Waals surface area (Å²) in [6.45, 7) is 0. The molecular weight excluding hydrogens is 291 g/mol. The Bertz CT molecular complexity index is 537. The van der Waals surface area contributed by atoms with Crippen molar-refractivity contribution in [1.82, 2.24) is 5.32 Å². The Morgan fingerprint density at radius 1 is 1.24 bits per heavy atom. The summed E-state index contributed by atoms with van der Waals surface area (Å²) in [6.07, 6.45) is 6.82. The SMILES string of the molecule is O=C(Nc1cccc(Cl)c1F)C1CCC2CCCCC2N1. The fourth-order valence-corrected chi connectivity index (χ4v) is 3.70. The molecular formula is C16H20ClFN2O. The molecule has 1 saturated heterocycles. The van der Waals surface area contributed by atoms with Crippen LogP contribution in [0, 0.1) is 11.7 Å². The molecule has 0 spiro atoms. The van der Waals surface area contributed by atoms with Crippen molar-refractivity contribution in [1.29, 1.82) is 0 Å². The van der Waals surface area contributed by atoms with Gasteiger partial charge in [-0.25, -0.2) is 4.39 Å². The molecule has 1 heterocycles. The Balaban J connectivity index is 1.64. The van der Waals surface area contributed by atoms with Crippen molar-refractivity contribution in [3.63, 3.8) is 0 Å². The zero-order chi connectivity index (χ0) is 14.8. The summed E-state index contributed by atoms with van der Waals surface area (Å²) >= 11 is 5.73. The topological polar surface area (TPSA) is 41.1 Å². The van der Waals surface area contributed by atoms with Gasteiger partial charge in [-0.1, -0.05) is 30.5 Å². The van der Waals surface area contributed by atoms with E-state index in [0.29, 0.717) is 12.0 Å². The van der Waals surface area contributed by atoms with Crippen LogP contribution in [0.3, 0.4) is 0 Å². The van der Waals surface area contributed by atoms with Gasteiger partial charge < -0.3 is 10.6 Å². The van der Waals surface area contributed by atoms with E-state index < -0.39 is 5.82 Å². The van der Waals surface area contributed by atoms with Crippen LogP contribution in [0.5, 0.6) is 0 Å². The molecule has 1 aliphatic carbocycles. The molecule has 1 aliphatic heterocycles. The quantitative estimate of drug-likeness (QED) is 0.874. The van der Waals surface area contributed by atoms with Crippen LogP contribution >= 0.6 is 11.6 Å². The van der Waals surface area contributed by atoms with Gasteiger partial charge in [-0.2, -0.15) is 0 Å². The third kappa shape index (κ3) is 3.22. The van der Waals surface area contributed by atoms with Gasteiger partial charge in [0.1, 0.15) is 0 Å². The van der Waals surface area contributed by atoms with Crippen LogP contribution in [-0.4, -0.2) is 18.0 Å². The molecule has 1 aromatic carbocycles. The molecule has 2 aliphatic rings. The van der Waals surface area contributed by atoms with Crippen molar-refractivity contribution in [3.05, 3.63) is 29.0 Å². The molecule has 3 nitrogen and oxygen atoms in total. The zero-order valence-corrected chi connectivity index (χ0v) is 12.6. The van der Waals surface area contributed by atoms with Gasteiger partial charge >= 0.3 is 0 Å². The van der Waals surface area contributed by atoms with Gasteiger partial charge in [0.2, 0.25) is 5.91 Å². The Kier molecular flexibility index (Phi) is 4.45. The fraction of sp³-hybridized carbons (Fsp3) is 0.562. The molecule has 2 N–H and O–H groups in total. The summed E-state index contributed by atoms with van der Waals surface area (Å²) in [5.41, 5.74) is 0.153. The number of hydrogen-bond donors (Lipinski definition) is 2. The second kappa shape index (κ2) is 6.32. The lowest BCUT2D eigenvalue weighted by Crippen LogP contribution is -2.53. The second-order valence-corrected chi connectivity index (χ2v) is 6.45. The predicted molar refractivity (Wildman–Crippen MR) is 81.9 cm³/mol. The van der Waals surface area contributed by atoms with Gasteiger partial charge in [-0.3, -0.25) is 4.79 Å². The van der Waals surface area contributed by atoms with Crippen LogP contribution in [0.15, 0.2) is 18.2 Å². The highest BCUT2D eigenvalue weighted by Crippen LogP contribution is 2.32. The first kappa shape index (κ1) is 14.8. The number of piperidine rings is 1. The van der Waals surface area contributed by atoms with Gasteiger partial charge in [0, 0.05) is 6.04 Å². The Morgan fingerprint density at radius 3 is 2.90 bits per heavy atom. The number of nitrogens with one attached hydrogen (secondary N) is 2. The highest BCUT2D eigenvalue weighted by molar-refractivity contribution is 6.31. The third-order valence-electron chi connectivity index (χ3n) is 4.68. The van der Waals surface area contributed by atoms with Gasteiger partial charge in [0.15, 0.2) is 5.82 Å². The lowest BCUT2D eigenvalue weighted by atomic mass is 9.77. The predicted octanol–water partition coefficient (Wildman–Crippen LogP) is 3.73. The van der Waals surface area contributed by atoms with E-state index in [1.165, 1.54) is 31.4 Å². The lowest BCUT2D eigenvalue weighted by Gasteiger charge is -2.39. The van der Waals surface area contributed by atoms with E-state index in [-0.39, 0.29) is 22.7 Å². The van der Waals surface area contributed by atoms with E-state index in [1.807, 2.05) is 0 Å². The molecule has 3 rings (SSSR count). The molecule has 0 radical (unpaired) electrons. The summed E-state index contributed by atoms with van der Waals surface area (Å²) in [7, 11) is 0. The van der Waals surface area contributed by atoms with Gasteiger partial charge in [0.05, 0.1) is 16.8 Å². The number of fused-ring (bicyclic) bond motifs is 1. The van der Waals surface area contributed by atoms with Crippen molar-refractivity contribution >= 4 is 23.2 Å². The van der Waals surface area contributed by atoms with Crippen LogP contribution in [0.25, 0.3) is 0 Å². The van der Waals surface area contributed by atoms with Crippen molar-refractivity contribution in [2.24, 2.45) is 5.92 Å². The van der Waals surface area contributed by atoms with E-state index in [2.05, 4.69) is 10.6 Å². The van der Waals surface area contributed by atoms with Crippen molar-refractivity contribution in [2.75, 3.05) is 5.32 Å². The molecule has 1 saturated carbocycles. The second-order valence-electron chi connectivity index (χ2n) is 6.04. The maximum Gasteiger partial charge on any atom is 0.241 e. The normalized spacial score (nSPS) is 28.8. The summed E-state index contributed by atoms with van der Waals surface area (Å²) in [6, 6.07) is 4.84. The lowest BCUT2D eigenvalue weighted by molar-refractivity contribution is -0.119. The number of rotatable bonds is 2. The van der Waals surface area contributed by atoms with Gasteiger partial charge in [0.25, 0.3) is 0 Å². The van der Waals surface area contributed by atoms with Crippen LogP contribution in [0.2, 0.25) is 5.02 Å². The summed E-state index contributed by atoms with van der Waals surface area (Å²) < 4.78 is 13.8. The fourth-order valence-electron chi connectivity index (χ4n) is 3.52. The number of carbonyl (C=O) groups excluding carboxylic acids is 1. The Morgan fingerprint density at radius 2 is 2.05 bits per heavy atom. The molecule has 2 fully saturated rings. The molecule has 0 aromatic heterocycles. The molecule has 21 heavy (non-hydrogen) atoms. The van der Waals surface area contributed by atoms with Crippen molar-refractivity contribution < 1.29 is 9.18 Å². The minimum Gasteiger partial charge on any atom is -0.322 e. The maximum atomic E-state index is 13.8. The van der Waals surface area contributed by atoms with Gasteiger partial charge in [-0.15, -0.1) is 0 Å². The summed E-state index contributed by atoms with van der Waals surface area (Å²) in [5.74, 6) is -0.0373. The van der Waals surface area contributed by atoms with E-state index >= 15 is 0 Å². The maximum absolute atomic E-state index is 13.8. The number of carbonyl (C=O) groups is 1. The number of benzene rings is 1. The third-order valence-corrected chi connectivity index (χ3v) is 4.97. The standard InChI is InChI=1S/C16H20ClFN2O/c17-11-5-3-7-13(15(11)18)20-16(21)14-9-8-10-4-1-2-6-12(10)19-14/h3,5,7,10,12,14,19H,1-2,4,6,8-9H2,(H,20,21). The van der Waals surface area contributed by atoms with Crippen molar-refractivity contribution in [3.8, 4) is 0 Å². The number of halogens is 2. The minimum absolute atomic E-state index is 0.0248. The molecule has 3 unspecified atom stereocenters. The van der Waals surface area contributed by atoms with Gasteiger partial charge in [-0.05, 0) is 43.7 Å². The Hall–Kier alpha value is -1.13. The average Bonchev–Trinajstić information content (AvgIpc) is 2.51. The number of anilines is 1. The van der Waals surface area contributed by atoms with Crippen LogP contribution in [0.4, 0.5) is 10.1 Å². The van der Waals surface area contributed by atoms with E-state index in [1.54, 1.807) is 6.07 Å². The largest absolute Gasteiger partial charge is 0.322 e. The molecule has 1 aromatic rings. The molecule has 1 amide bonds. The average molecular weight is 311 g/mol. The summed E-state index contributed by atoms with van der Waals surface area (Å²) in [5, 5.41) is 6.12. The molecule has 3 atom stereocenters. The molecule has 5 heteroatoms. The minimum atomic E-state index is -0.570. The summed E-state index contributed by atoms with van der Waals surface area (Å²) in [4.78, 5) is 12.3. The van der Waals surface area contributed by atoms with Crippen LogP contribution in [-0.2, 0) is 4.79 Å². The first-order valence-corrected chi connectivity index (χ1v) is 8.04.